The van der Waals surface area contributed by atoms with Crippen LogP contribution in [0.25, 0.3) is 0 Å². The smallest absolute Gasteiger partial charge is 0.307 e. The van der Waals surface area contributed by atoms with E-state index >= 15 is 0 Å². The van der Waals surface area contributed by atoms with Gasteiger partial charge in [0.25, 0.3) is 0 Å². The summed E-state index contributed by atoms with van der Waals surface area (Å²) in [6, 6.07) is 4.43. The number of rotatable bonds is 8. The summed E-state index contributed by atoms with van der Waals surface area (Å²) in [4.78, 5) is 22.6. The number of aliphatic hydroxyl groups is 1. The van der Waals surface area contributed by atoms with Gasteiger partial charge in [-0.1, -0.05) is 18.5 Å². The predicted molar refractivity (Wildman–Crippen MR) is 117 cm³/mol. The fourth-order valence-electron chi connectivity index (χ4n) is 3.14. The van der Waals surface area contributed by atoms with Crippen molar-refractivity contribution in [1.29, 1.82) is 0 Å². The van der Waals surface area contributed by atoms with E-state index in [9.17, 15) is 24.0 Å². The van der Waals surface area contributed by atoms with Crippen molar-refractivity contribution in [2.75, 3.05) is 12.4 Å². The van der Waals surface area contributed by atoms with E-state index in [1.54, 1.807) is 13.8 Å². The maximum atomic E-state index is 14.1. The van der Waals surface area contributed by atoms with Crippen molar-refractivity contribution in [3.63, 3.8) is 0 Å². The summed E-state index contributed by atoms with van der Waals surface area (Å²) in [5, 5.41) is 24.4. The van der Waals surface area contributed by atoms with Crippen molar-refractivity contribution in [3.05, 3.63) is 74.3 Å². The third-order valence-corrected chi connectivity index (χ3v) is 5.39. The van der Waals surface area contributed by atoms with Crippen molar-refractivity contribution >= 4 is 28.9 Å². The molecule has 2 aromatic carbocycles. The minimum absolute atomic E-state index is 0.00616. The van der Waals surface area contributed by atoms with Gasteiger partial charge in [0.1, 0.15) is 23.7 Å². The Labute approximate surface area is 192 Å². The number of nitrogens with zero attached hydrogens (tertiary/aromatic N) is 4. The highest BCUT2D eigenvalue weighted by molar-refractivity contribution is 6.30. The third kappa shape index (κ3) is 5.32. The van der Waals surface area contributed by atoms with Crippen LogP contribution in [0.4, 0.5) is 26.1 Å². The normalized spacial score (nSPS) is 12.8. The summed E-state index contributed by atoms with van der Waals surface area (Å²) >= 11 is 5.95. The average molecular weight is 480 g/mol. The number of ether oxygens (including phenoxy) is 1. The van der Waals surface area contributed by atoms with E-state index in [0.717, 1.165) is 12.1 Å². The van der Waals surface area contributed by atoms with Crippen LogP contribution >= 0.6 is 11.6 Å². The van der Waals surface area contributed by atoms with Gasteiger partial charge in [-0.15, -0.1) is 0 Å². The summed E-state index contributed by atoms with van der Waals surface area (Å²) in [7, 11) is 1.28. The molecule has 0 saturated heterocycles. The molecule has 33 heavy (non-hydrogen) atoms. The molecule has 0 aliphatic heterocycles. The minimum atomic E-state index is -1.31. The second-order valence-electron chi connectivity index (χ2n) is 7.34. The van der Waals surface area contributed by atoms with Gasteiger partial charge in [-0.3, -0.25) is 10.1 Å². The number of nitrogens with one attached hydrogen (secondary N) is 1. The van der Waals surface area contributed by atoms with Gasteiger partial charge in [0.05, 0.1) is 28.3 Å². The lowest BCUT2D eigenvalue weighted by Crippen LogP contribution is -2.22. The first-order valence-electron chi connectivity index (χ1n) is 9.73. The average Bonchev–Trinajstić information content (AvgIpc) is 2.77. The number of benzene rings is 2. The Hall–Kier alpha value is -3.44. The molecule has 1 aromatic heterocycles. The van der Waals surface area contributed by atoms with E-state index in [-0.39, 0.29) is 34.7 Å². The standard InChI is InChI=1S/C21H20ClF2N5O4/c1-4-21(2,30)12-7-14(23)13(22)5-11(12)6-19-25-10-26-20(28-19)27-16-9-17(29(31)32)15(24)8-18(16)33-3/h5,7-10,30H,4,6H2,1-3H3,(H,25,26,27,28). The van der Waals surface area contributed by atoms with E-state index in [1.807, 2.05) is 0 Å². The third-order valence-electron chi connectivity index (χ3n) is 5.10. The van der Waals surface area contributed by atoms with Gasteiger partial charge in [-0.2, -0.15) is 9.37 Å². The van der Waals surface area contributed by atoms with Crippen LogP contribution in [0, 0.1) is 21.7 Å². The maximum absolute atomic E-state index is 14.1. The number of nitro groups is 1. The van der Waals surface area contributed by atoms with Gasteiger partial charge in [0, 0.05) is 18.6 Å². The first-order chi connectivity index (χ1) is 15.6. The fourth-order valence-corrected chi connectivity index (χ4v) is 3.33. The SMILES string of the molecule is CCC(C)(O)c1cc(F)c(Cl)cc1Cc1ncnc(Nc2cc([N+](=O)[O-])c(F)cc2OC)n1. The molecule has 12 heteroatoms. The minimum Gasteiger partial charge on any atom is -0.494 e. The van der Waals surface area contributed by atoms with E-state index in [4.69, 9.17) is 16.3 Å². The fraction of sp³-hybridized carbons (Fsp3) is 0.286. The Morgan fingerprint density at radius 2 is 1.97 bits per heavy atom. The van der Waals surface area contributed by atoms with Crippen LogP contribution in [-0.2, 0) is 12.0 Å². The molecule has 0 aliphatic rings. The van der Waals surface area contributed by atoms with Crippen LogP contribution in [0.3, 0.4) is 0 Å². The van der Waals surface area contributed by atoms with Crippen LogP contribution in [-0.4, -0.2) is 32.1 Å². The lowest BCUT2D eigenvalue weighted by Gasteiger charge is -2.25. The summed E-state index contributed by atoms with van der Waals surface area (Å²) < 4.78 is 33.0. The van der Waals surface area contributed by atoms with Gasteiger partial charge in [0.15, 0.2) is 0 Å². The van der Waals surface area contributed by atoms with Gasteiger partial charge in [-0.05, 0) is 36.6 Å². The summed E-state index contributed by atoms with van der Waals surface area (Å²) in [5.74, 6) is -1.45. The molecule has 0 bridgehead atoms. The van der Waals surface area contributed by atoms with E-state index in [0.29, 0.717) is 17.5 Å². The lowest BCUT2D eigenvalue weighted by atomic mass is 9.88. The Kier molecular flexibility index (Phi) is 7.04. The first-order valence-corrected chi connectivity index (χ1v) is 10.1. The lowest BCUT2D eigenvalue weighted by molar-refractivity contribution is -0.387. The zero-order valence-electron chi connectivity index (χ0n) is 17.9. The molecular weight excluding hydrogens is 460 g/mol. The Balaban J connectivity index is 1.96. The molecule has 9 nitrogen and oxygen atoms in total. The van der Waals surface area contributed by atoms with Gasteiger partial charge in [0.2, 0.25) is 11.8 Å². The summed E-state index contributed by atoms with van der Waals surface area (Å²) in [6.45, 7) is 3.32. The quantitative estimate of drug-likeness (QED) is 0.353. The second kappa shape index (κ2) is 9.59. The molecule has 3 aromatic rings. The number of halogens is 3. The number of aromatic nitrogens is 3. The summed E-state index contributed by atoms with van der Waals surface area (Å²) in [5.41, 5.74) is -1.13. The topological polar surface area (TPSA) is 123 Å². The highest BCUT2D eigenvalue weighted by Gasteiger charge is 2.26. The first kappa shape index (κ1) is 24.2. The van der Waals surface area contributed by atoms with Crippen LogP contribution in [0.2, 0.25) is 5.02 Å². The van der Waals surface area contributed by atoms with Gasteiger partial charge < -0.3 is 15.2 Å². The molecular formula is C21H20ClF2N5O4. The molecule has 3 rings (SSSR count). The Bertz CT molecular complexity index is 1210. The van der Waals surface area contributed by atoms with Crippen LogP contribution in [0.1, 0.15) is 37.2 Å². The van der Waals surface area contributed by atoms with Crippen LogP contribution in [0.15, 0.2) is 30.6 Å². The highest BCUT2D eigenvalue weighted by atomic mass is 35.5. The van der Waals surface area contributed by atoms with E-state index in [2.05, 4.69) is 20.3 Å². The van der Waals surface area contributed by atoms with Gasteiger partial charge in [-0.25, -0.2) is 14.4 Å². The zero-order chi connectivity index (χ0) is 24.3. The van der Waals surface area contributed by atoms with Crippen molar-refractivity contribution in [3.8, 4) is 5.75 Å². The van der Waals surface area contributed by atoms with Crippen molar-refractivity contribution in [2.45, 2.75) is 32.3 Å². The molecule has 0 spiro atoms. The number of nitro benzene ring substituents is 1. The number of anilines is 2. The molecule has 0 fully saturated rings. The van der Waals surface area contributed by atoms with Crippen molar-refractivity contribution in [2.24, 2.45) is 0 Å². The van der Waals surface area contributed by atoms with Crippen LogP contribution < -0.4 is 10.1 Å². The number of hydrogen-bond donors (Lipinski definition) is 2. The van der Waals surface area contributed by atoms with E-state index < -0.39 is 27.8 Å². The number of methoxy groups -OCH3 is 1. The molecule has 0 amide bonds. The van der Waals surface area contributed by atoms with E-state index in [1.165, 1.54) is 25.6 Å². The molecule has 2 N–H and O–H groups in total. The molecule has 0 aliphatic carbocycles. The molecule has 0 saturated carbocycles. The number of hydrogen-bond acceptors (Lipinski definition) is 8. The Morgan fingerprint density at radius 3 is 2.61 bits per heavy atom. The summed E-state index contributed by atoms with van der Waals surface area (Å²) in [6.07, 6.45) is 1.62. The van der Waals surface area contributed by atoms with Crippen LogP contribution in [0.5, 0.6) is 5.75 Å². The Morgan fingerprint density at radius 1 is 1.24 bits per heavy atom. The highest BCUT2D eigenvalue weighted by Crippen LogP contribution is 2.34. The van der Waals surface area contributed by atoms with Gasteiger partial charge >= 0.3 is 5.69 Å². The van der Waals surface area contributed by atoms with Crippen molar-refractivity contribution in [1.82, 2.24) is 15.0 Å². The molecule has 1 atom stereocenters. The molecule has 1 unspecified atom stereocenters. The maximum Gasteiger partial charge on any atom is 0.307 e. The molecule has 1 heterocycles. The molecule has 174 valence electrons. The van der Waals surface area contributed by atoms with Crippen molar-refractivity contribution < 1.29 is 23.5 Å². The zero-order valence-corrected chi connectivity index (χ0v) is 18.7. The monoisotopic (exact) mass is 479 g/mol. The predicted octanol–water partition coefficient (Wildman–Crippen LogP) is 4.67. The molecule has 0 radical (unpaired) electrons. The second-order valence-corrected chi connectivity index (χ2v) is 7.75. The largest absolute Gasteiger partial charge is 0.494 e.